The summed E-state index contributed by atoms with van der Waals surface area (Å²) in [7, 11) is 3.41. The van der Waals surface area contributed by atoms with E-state index in [-0.39, 0.29) is 0 Å². The molecule has 2 aromatic heterocycles. The first-order valence-corrected chi connectivity index (χ1v) is 12.2. The van der Waals surface area contributed by atoms with Gasteiger partial charge in [0.25, 0.3) is 0 Å². The van der Waals surface area contributed by atoms with Crippen LogP contribution >= 0.6 is 11.3 Å². The molecule has 0 spiro atoms. The number of nitrogens with zero attached hydrogens (tertiary/aromatic N) is 2. The van der Waals surface area contributed by atoms with E-state index in [1.165, 1.54) is 26.1 Å². The van der Waals surface area contributed by atoms with Gasteiger partial charge in [-0.1, -0.05) is 11.3 Å². The summed E-state index contributed by atoms with van der Waals surface area (Å²) in [6.45, 7) is 10.4. The normalized spacial score (nSPS) is 12.1. The third-order valence-electron chi connectivity index (χ3n) is 5.95. The highest BCUT2D eigenvalue weighted by Gasteiger charge is 2.27. The second kappa shape index (κ2) is 11.8. The number of hydrogen-bond donors (Lipinski definition) is 2. The van der Waals surface area contributed by atoms with Crippen molar-refractivity contribution >= 4 is 22.2 Å². The fourth-order valence-corrected chi connectivity index (χ4v) is 5.04. The van der Waals surface area contributed by atoms with E-state index in [1.807, 2.05) is 30.5 Å². The summed E-state index contributed by atoms with van der Waals surface area (Å²) >= 11 is 1.70. The van der Waals surface area contributed by atoms with Crippen molar-refractivity contribution in [1.82, 2.24) is 4.98 Å². The summed E-state index contributed by atoms with van der Waals surface area (Å²) in [4.78, 5) is 5.90. The second-order valence-corrected chi connectivity index (χ2v) is 8.79. The maximum atomic E-state index is 5.71. The Hall–Kier alpha value is -2.64. The molecule has 0 unspecified atom stereocenters. The minimum Gasteiger partial charge on any atom is -0.497 e. The first-order chi connectivity index (χ1) is 15.6. The molecule has 0 radical (unpaired) electrons. The van der Waals surface area contributed by atoms with Gasteiger partial charge in [-0.15, -0.1) is 0 Å². The molecular formula is C25H36N4O2S+2. The molecule has 0 aliphatic rings. The zero-order chi connectivity index (χ0) is 22.9. The quantitative estimate of drug-likeness (QED) is 0.403. The van der Waals surface area contributed by atoms with E-state index in [4.69, 9.17) is 9.47 Å². The van der Waals surface area contributed by atoms with Crippen LogP contribution in [0.15, 0.2) is 48.1 Å². The van der Waals surface area contributed by atoms with Crippen LogP contribution in [-0.4, -0.2) is 38.8 Å². The Bertz CT molecular complexity index is 973. The van der Waals surface area contributed by atoms with Crippen LogP contribution in [0.5, 0.6) is 11.5 Å². The lowest BCUT2D eigenvalue weighted by molar-refractivity contribution is -0.896. The highest BCUT2D eigenvalue weighted by Crippen LogP contribution is 2.36. The lowest BCUT2D eigenvalue weighted by Gasteiger charge is -2.18. The smallest absolute Gasteiger partial charge is 0.339 e. The lowest BCUT2D eigenvalue weighted by Crippen LogP contribution is -3.11. The molecule has 0 aliphatic carbocycles. The molecule has 3 aromatic rings. The summed E-state index contributed by atoms with van der Waals surface area (Å²) in [6, 6.07) is 10.3. The van der Waals surface area contributed by atoms with Crippen molar-refractivity contribution in [1.29, 1.82) is 0 Å². The van der Waals surface area contributed by atoms with Gasteiger partial charge in [0.05, 0.1) is 51.7 Å². The molecule has 32 heavy (non-hydrogen) atoms. The van der Waals surface area contributed by atoms with Gasteiger partial charge in [-0.05, 0) is 57.5 Å². The van der Waals surface area contributed by atoms with E-state index in [2.05, 4.69) is 47.1 Å². The fraction of sp³-hybridized carbons (Fsp3) is 0.440. The number of nitrogens with one attached hydrogen (secondary N) is 2. The Morgan fingerprint density at radius 2 is 1.97 bits per heavy atom. The van der Waals surface area contributed by atoms with E-state index >= 15 is 0 Å². The van der Waals surface area contributed by atoms with Crippen molar-refractivity contribution in [3.63, 3.8) is 0 Å². The Balaban J connectivity index is 1.97. The van der Waals surface area contributed by atoms with E-state index in [0.29, 0.717) is 6.04 Å². The fourth-order valence-electron chi connectivity index (χ4n) is 4.01. The minimum atomic E-state index is 0.321. The SMILES string of the molecule is CC[NH+](CC)CCC[C@@H](C)[n+]1c(-c2cc(OC)ccc2OC)csc1Nc1cccnc1. The number of benzene rings is 1. The van der Waals surface area contributed by atoms with E-state index in [0.717, 1.165) is 40.0 Å². The first-order valence-electron chi connectivity index (χ1n) is 11.4. The van der Waals surface area contributed by atoms with Crippen molar-refractivity contribution in [2.45, 2.75) is 39.7 Å². The Labute approximate surface area is 195 Å². The zero-order valence-electron chi connectivity index (χ0n) is 19.9. The molecule has 0 amide bonds. The van der Waals surface area contributed by atoms with Crippen LogP contribution in [0.2, 0.25) is 0 Å². The van der Waals surface area contributed by atoms with Gasteiger partial charge in [0.2, 0.25) is 0 Å². The van der Waals surface area contributed by atoms with Gasteiger partial charge in [0.1, 0.15) is 22.9 Å². The maximum Gasteiger partial charge on any atom is 0.339 e. The van der Waals surface area contributed by atoms with Crippen LogP contribution in [0.1, 0.15) is 39.7 Å². The third-order valence-corrected chi connectivity index (χ3v) is 6.81. The van der Waals surface area contributed by atoms with Gasteiger partial charge in [0, 0.05) is 18.0 Å². The molecule has 1 aromatic carbocycles. The number of aromatic nitrogens is 2. The molecule has 0 saturated heterocycles. The van der Waals surface area contributed by atoms with Crippen molar-refractivity contribution < 1.29 is 18.9 Å². The van der Waals surface area contributed by atoms with Crippen molar-refractivity contribution in [3.05, 3.63) is 48.1 Å². The summed E-state index contributed by atoms with van der Waals surface area (Å²) in [5.74, 6) is 1.66. The standard InChI is InChI=1S/C25H34N4O2S/c1-6-28(7-2)15-9-10-19(3)29-23(22-16-21(30-4)12-13-24(22)31-5)18-32-25(29)27-20-11-8-14-26-17-20/h8,11-14,16-19H,6-7,9-10,15H2,1-5H3/p+2/t19-/m1/s1. The Morgan fingerprint density at radius 1 is 1.16 bits per heavy atom. The van der Waals surface area contributed by atoms with Gasteiger partial charge in [-0.3, -0.25) is 4.98 Å². The number of ether oxygens (including phenoxy) is 2. The monoisotopic (exact) mass is 456 g/mol. The topological polar surface area (TPSA) is 51.7 Å². The molecule has 3 rings (SSSR count). The molecule has 2 heterocycles. The molecule has 0 saturated carbocycles. The van der Waals surface area contributed by atoms with Crippen molar-refractivity contribution in [2.75, 3.05) is 39.2 Å². The molecular weight excluding hydrogens is 420 g/mol. The summed E-state index contributed by atoms with van der Waals surface area (Å²) in [5.41, 5.74) is 3.13. The lowest BCUT2D eigenvalue weighted by atomic mass is 10.1. The number of pyridine rings is 1. The van der Waals surface area contributed by atoms with Gasteiger partial charge >= 0.3 is 5.13 Å². The molecule has 0 fully saturated rings. The summed E-state index contributed by atoms with van der Waals surface area (Å²) in [6.07, 6.45) is 5.93. The Morgan fingerprint density at radius 3 is 2.62 bits per heavy atom. The van der Waals surface area contributed by atoms with Crippen LogP contribution in [0, 0.1) is 0 Å². The second-order valence-electron chi connectivity index (χ2n) is 7.93. The number of methoxy groups -OCH3 is 2. The maximum absolute atomic E-state index is 5.71. The molecule has 0 bridgehead atoms. The van der Waals surface area contributed by atoms with Crippen LogP contribution in [0.25, 0.3) is 11.3 Å². The predicted octanol–water partition coefficient (Wildman–Crippen LogP) is 4.12. The number of thiazole rings is 1. The molecule has 1 atom stereocenters. The third kappa shape index (κ3) is 5.78. The van der Waals surface area contributed by atoms with Crippen LogP contribution in [-0.2, 0) is 0 Å². The van der Waals surface area contributed by atoms with Crippen molar-refractivity contribution in [3.8, 4) is 22.8 Å². The van der Waals surface area contributed by atoms with Gasteiger partial charge in [0.15, 0.2) is 0 Å². The summed E-state index contributed by atoms with van der Waals surface area (Å²) < 4.78 is 13.6. The van der Waals surface area contributed by atoms with E-state index in [9.17, 15) is 0 Å². The molecule has 0 aliphatic heterocycles. The molecule has 7 heteroatoms. The van der Waals surface area contributed by atoms with Gasteiger partial charge < -0.3 is 14.4 Å². The average Bonchev–Trinajstić information content (AvgIpc) is 3.25. The number of hydrogen-bond acceptors (Lipinski definition) is 5. The number of quaternary nitrogens is 1. The number of anilines is 2. The van der Waals surface area contributed by atoms with Crippen molar-refractivity contribution in [2.24, 2.45) is 0 Å². The molecule has 172 valence electrons. The predicted molar refractivity (Wildman–Crippen MR) is 131 cm³/mol. The van der Waals surface area contributed by atoms with Crippen LogP contribution in [0.4, 0.5) is 10.8 Å². The highest BCUT2D eigenvalue weighted by atomic mass is 32.1. The minimum absolute atomic E-state index is 0.321. The summed E-state index contributed by atoms with van der Waals surface area (Å²) in [5, 5.41) is 6.85. The highest BCUT2D eigenvalue weighted by molar-refractivity contribution is 7.13. The van der Waals surface area contributed by atoms with Gasteiger partial charge in [-0.2, -0.15) is 0 Å². The largest absolute Gasteiger partial charge is 0.497 e. The van der Waals surface area contributed by atoms with Gasteiger partial charge in [-0.25, -0.2) is 9.88 Å². The zero-order valence-corrected chi connectivity index (χ0v) is 20.7. The average molecular weight is 457 g/mol. The van der Waals surface area contributed by atoms with Crippen LogP contribution in [0.3, 0.4) is 0 Å². The molecule has 6 nitrogen and oxygen atoms in total. The number of rotatable bonds is 12. The Kier molecular flexibility index (Phi) is 8.88. The van der Waals surface area contributed by atoms with E-state index in [1.54, 1.807) is 36.7 Å². The van der Waals surface area contributed by atoms with Crippen LogP contribution < -0.4 is 24.3 Å². The van der Waals surface area contributed by atoms with E-state index < -0.39 is 0 Å². The first kappa shape index (κ1) is 24.0. The molecule has 2 N–H and O–H groups in total.